The number of benzene rings is 2. The van der Waals surface area contributed by atoms with E-state index in [9.17, 15) is 13.2 Å². The highest BCUT2D eigenvalue weighted by Gasteiger charge is 2.26. The summed E-state index contributed by atoms with van der Waals surface area (Å²) in [6, 6.07) is 16.9. The van der Waals surface area contributed by atoms with Crippen molar-refractivity contribution in [2.75, 3.05) is 17.1 Å². The highest BCUT2D eigenvalue weighted by Crippen LogP contribution is 2.28. The lowest BCUT2D eigenvalue weighted by Gasteiger charge is -2.30. The summed E-state index contributed by atoms with van der Waals surface area (Å²) in [5.74, 6) is -0.332. The van der Waals surface area contributed by atoms with E-state index in [1.54, 1.807) is 24.3 Å². The van der Waals surface area contributed by atoms with Crippen LogP contribution in [0, 0.1) is 0 Å². The first-order chi connectivity index (χ1) is 13.0. The van der Waals surface area contributed by atoms with Crippen molar-refractivity contribution in [2.45, 2.75) is 38.6 Å². The van der Waals surface area contributed by atoms with Crippen molar-refractivity contribution in [3.05, 3.63) is 64.6 Å². The SMILES string of the molecule is CC(CC(C)(C)c1ccccc1)NC(=O)CN(c1cccc(Br)c1)S(C)(=O)=O. The first-order valence-electron chi connectivity index (χ1n) is 9.07. The number of halogens is 1. The fraction of sp³-hybridized carbons (Fsp3) is 0.381. The van der Waals surface area contributed by atoms with E-state index in [1.165, 1.54) is 5.56 Å². The van der Waals surface area contributed by atoms with Gasteiger partial charge in [0.05, 0.1) is 11.9 Å². The van der Waals surface area contributed by atoms with Gasteiger partial charge in [-0.05, 0) is 42.5 Å². The molecule has 28 heavy (non-hydrogen) atoms. The van der Waals surface area contributed by atoms with Crippen LogP contribution in [0.25, 0.3) is 0 Å². The summed E-state index contributed by atoms with van der Waals surface area (Å²) < 4.78 is 26.3. The van der Waals surface area contributed by atoms with E-state index in [-0.39, 0.29) is 23.9 Å². The lowest BCUT2D eigenvalue weighted by atomic mass is 9.79. The average Bonchev–Trinajstić information content (AvgIpc) is 2.59. The van der Waals surface area contributed by atoms with Crippen molar-refractivity contribution < 1.29 is 13.2 Å². The van der Waals surface area contributed by atoms with Gasteiger partial charge >= 0.3 is 0 Å². The molecule has 0 aliphatic heterocycles. The normalized spacial score (nSPS) is 13.0. The van der Waals surface area contributed by atoms with E-state index in [1.807, 2.05) is 25.1 Å². The minimum absolute atomic E-state index is 0.105. The third kappa shape index (κ3) is 6.34. The maximum Gasteiger partial charge on any atom is 0.240 e. The predicted molar refractivity (Wildman–Crippen MR) is 118 cm³/mol. The summed E-state index contributed by atoms with van der Waals surface area (Å²) in [7, 11) is -3.59. The molecule has 0 fully saturated rings. The molecular formula is C21H27BrN2O3S. The first-order valence-corrected chi connectivity index (χ1v) is 11.7. The molecule has 0 spiro atoms. The van der Waals surface area contributed by atoms with E-state index in [0.29, 0.717) is 5.69 Å². The highest BCUT2D eigenvalue weighted by molar-refractivity contribution is 9.10. The lowest BCUT2D eigenvalue weighted by Crippen LogP contribution is -2.44. The zero-order valence-electron chi connectivity index (χ0n) is 16.6. The largest absolute Gasteiger partial charge is 0.352 e. The number of nitrogens with zero attached hydrogens (tertiary/aromatic N) is 1. The van der Waals surface area contributed by atoms with Gasteiger partial charge in [0.15, 0.2) is 0 Å². The Bertz CT molecular complexity index is 914. The molecule has 0 heterocycles. The molecule has 1 N–H and O–H groups in total. The van der Waals surface area contributed by atoms with E-state index in [0.717, 1.165) is 21.5 Å². The Hall–Kier alpha value is -1.86. The van der Waals surface area contributed by atoms with Crippen LogP contribution in [0.5, 0.6) is 0 Å². The summed E-state index contributed by atoms with van der Waals surface area (Å²) in [4.78, 5) is 12.6. The van der Waals surface area contributed by atoms with Gasteiger partial charge in [-0.3, -0.25) is 9.10 Å². The number of hydrogen-bond donors (Lipinski definition) is 1. The van der Waals surface area contributed by atoms with E-state index >= 15 is 0 Å². The third-order valence-electron chi connectivity index (χ3n) is 4.56. The monoisotopic (exact) mass is 466 g/mol. The van der Waals surface area contributed by atoms with Crippen LogP contribution in [0.3, 0.4) is 0 Å². The Labute approximate surface area is 176 Å². The number of carbonyl (C=O) groups excluding carboxylic acids is 1. The van der Waals surface area contributed by atoms with Gasteiger partial charge in [-0.15, -0.1) is 0 Å². The maximum absolute atomic E-state index is 12.6. The van der Waals surface area contributed by atoms with E-state index < -0.39 is 10.0 Å². The number of carbonyl (C=O) groups is 1. The summed E-state index contributed by atoms with van der Waals surface area (Å²) >= 11 is 3.34. The number of nitrogens with one attached hydrogen (secondary N) is 1. The van der Waals surface area contributed by atoms with Crippen molar-refractivity contribution >= 4 is 37.5 Å². The Morgan fingerprint density at radius 3 is 2.36 bits per heavy atom. The smallest absolute Gasteiger partial charge is 0.240 e. The molecule has 1 unspecified atom stereocenters. The molecule has 0 saturated carbocycles. The van der Waals surface area contributed by atoms with Crippen LogP contribution in [-0.2, 0) is 20.2 Å². The van der Waals surface area contributed by atoms with Crippen LogP contribution < -0.4 is 9.62 Å². The van der Waals surface area contributed by atoms with Crippen molar-refractivity contribution in [1.29, 1.82) is 0 Å². The molecule has 2 rings (SSSR count). The Morgan fingerprint density at radius 1 is 1.14 bits per heavy atom. The van der Waals surface area contributed by atoms with Crippen molar-refractivity contribution in [3.63, 3.8) is 0 Å². The number of hydrogen-bond acceptors (Lipinski definition) is 3. The minimum atomic E-state index is -3.59. The summed E-state index contributed by atoms with van der Waals surface area (Å²) in [6.45, 7) is 5.95. The van der Waals surface area contributed by atoms with Crippen LogP contribution in [-0.4, -0.2) is 33.2 Å². The summed E-state index contributed by atoms with van der Waals surface area (Å²) in [6.07, 6.45) is 1.83. The van der Waals surface area contributed by atoms with Crippen LogP contribution in [0.2, 0.25) is 0 Å². The standard InChI is InChI=1S/C21H27BrN2O3S/c1-16(14-21(2,3)17-9-6-5-7-10-17)23-20(25)15-24(28(4,26)27)19-12-8-11-18(22)13-19/h5-13,16H,14-15H2,1-4H3,(H,23,25). The molecular weight excluding hydrogens is 440 g/mol. The maximum atomic E-state index is 12.6. The number of amides is 1. The first kappa shape index (κ1) is 22.4. The molecule has 0 saturated heterocycles. The molecule has 0 radical (unpaired) electrons. The summed E-state index contributed by atoms with van der Waals surface area (Å²) in [5, 5.41) is 2.94. The molecule has 5 nitrogen and oxygen atoms in total. The zero-order chi connectivity index (χ0) is 20.9. The van der Waals surface area contributed by atoms with Gasteiger partial charge in [0.25, 0.3) is 0 Å². The molecule has 1 amide bonds. The van der Waals surface area contributed by atoms with Gasteiger partial charge in [0.1, 0.15) is 6.54 Å². The topological polar surface area (TPSA) is 66.5 Å². The number of sulfonamides is 1. The van der Waals surface area contributed by atoms with Gasteiger partial charge in [0.2, 0.25) is 15.9 Å². The fourth-order valence-corrected chi connectivity index (χ4v) is 4.54. The fourth-order valence-electron chi connectivity index (χ4n) is 3.31. The molecule has 0 bridgehead atoms. The van der Waals surface area contributed by atoms with Gasteiger partial charge in [-0.1, -0.05) is 66.2 Å². The van der Waals surface area contributed by atoms with Gasteiger partial charge in [-0.25, -0.2) is 8.42 Å². The van der Waals surface area contributed by atoms with Crippen LogP contribution in [0.15, 0.2) is 59.1 Å². The van der Waals surface area contributed by atoms with E-state index in [2.05, 4.69) is 47.2 Å². The Morgan fingerprint density at radius 2 is 1.79 bits per heavy atom. The van der Waals surface area contributed by atoms with Gasteiger partial charge in [-0.2, -0.15) is 0 Å². The highest BCUT2D eigenvalue weighted by atomic mass is 79.9. The van der Waals surface area contributed by atoms with E-state index in [4.69, 9.17) is 0 Å². The molecule has 0 aromatic heterocycles. The van der Waals surface area contributed by atoms with Crippen LogP contribution >= 0.6 is 15.9 Å². The second-order valence-corrected chi connectivity index (χ2v) is 10.5. The average molecular weight is 467 g/mol. The molecule has 0 aliphatic carbocycles. The zero-order valence-corrected chi connectivity index (χ0v) is 19.0. The molecule has 2 aromatic rings. The molecule has 2 aromatic carbocycles. The van der Waals surface area contributed by atoms with Crippen LogP contribution in [0.4, 0.5) is 5.69 Å². The summed E-state index contributed by atoms with van der Waals surface area (Å²) in [5.41, 5.74) is 1.53. The third-order valence-corrected chi connectivity index (χ3v) is 6.20. The van der Waals surface area contributed by atoms with Crippen molar-refractivity contribution in [2.24, 2.45) is 0 Å². The lowest BCUT2D eigenvalue weighted by molar-refractivity contribution is -0.120. The molecule has 152 valence electrons. The van der Waals surface area contributed by atoms with Gasteiger partial charge < -0.3 is 5.32 Å². The quantitative estimate of drug-likeness (QED) is 0.636. The Balaban J connectivity index is 2.06. The second-order valence-electron chi connectivity index (χ2n) is 7.67. The minimum Gasteiger partial charge on any atom is -0.352 e. The van der Waals surface area contributed by atoms with Crippen molar-refractivity contribution in [3.8, 4) is 0 Å². The molecule has 7 heteroatoms. The molecule has 0 aliphatic rings. The van der Waals surface area contributed by atoms with Crippen LogP contribution in [0.1, 0.15) is 32.8 Å². The molecule has 1 atom stereocenters. The predicted octanol–water partition coefficient (Wildman–Crippen LogP) is 4.09. The number of anilines is 1. The number of rotatable bonds is 8. The van der Waals surface area contributed by atoms with Crippen molar-refractivity contribution in [1.82, 2.24) is 5.32 Å². The second kappa shape index (κ2) is 9.09. The van der Waals surface area contributed by atoms with Gasteiger partial charge in [0, 0.05) is 10.5 Å². The Kier molecular flexibility index (Phi) is 7.28.